The normalized spacial score (nSPS) is 11.2. The van der Waals surface area contributed by atoms with Gasteiger partial charge in [-0.1, -0.05) is 0 Å². The van der Waals surface area contributed by atoms with Crippen molar-refractivity contribution < 1.29 is 31.5 Å². The lowest BCUT2D eigenvalue weighted by Crippen LogP contribution is -2.16. The van der Waals surface area contributed by atoms with Crippen molar-refractivity contribution in [3.8, 4) is 0 Å². The van der Waals surface area contributed by atoms with E-state index in [1.165, 1.54) is 0 Å². The minimum Gasteiger partial charge on any atom is -0.366 e. The molecule has 0 atom stereocenters. The second kappa shape index (κ2) is 6.26. The molecule has 126 valence electrons. The van der Waals surface area contributed by atoms with Crippen LogP contribution in [-0.4, -0.2) is 11.8 Å². The maximum atomic E-state index is 13.4. The first-order chi connectivity index (χ1) is 11.1. The first-order valence-corrected chi connectivity index (χ1v) is 6.36. The average Bonchev–Trinajstić information content (AvgIpc) is 2.45. The fourth-order valence-electron chi connectivity index (χ4n) is 1.89. The summed E-state index contributed by atoms with van der Waals surface area (Å²) in [6.45, 7) is 0. The van der Waals surface area contributed by atoms with Crippen LogP contribution in [0, 0.1) is 11.6 Å². The fourth-order valence-corrected chi connectivity index (χ4v) is 1.89. The van der Waals surface area contributed by atoms with Crippen LogP contribution in [0.25, 0.3) is 0 Å². The highest BCUT2D eigenvalue weighted by Gasteiger charge is 2.34. The zero-order valence-electron chi connectivity index (χ0n) is 11.7. The first-order valence-electron chi connectivity index (χ1n) is 6.36. The van der Waals surface area contributed by atoms with Crippen LogP contribution >= 0.6 is 0 Å². The van der Waals surface area contributed by atoms with Gasteiger partial charge in [0.1, 0.15) is 11.6 Å². The number of alkyl halides is 3. The number of nitrogens with two attached hydrogens (primary N) is 1. The van der Waals surface area contributed by atoms with Gasteiger partial charge in [0.25, 0.3) is 5.91 Å². The summed E-state index contributed by atoms with van der Waals surface area (Å²) in [5, 5.41) is 2.12. The molecule has 0 saturated heterocycles. The summed E-state index contributed by atoms with van der Waals surface area (Å²) in [7, 11) is 0. The van der Waals surface area contributed by atoms with Crippen LogP contribution in [0.3, 0.4) is 0 Å². The third-order valence-corrected chi connectivity index (χ3v) is 2.97. The zero-order valence-corrected chi connectivity index (χ0v) is 11.7. The maximum Gasteiger partial charge on any atom is 0.419 e. The molecule has 9 heteroatoms. The van der Waals surface area contributed by atoms with Gasteiger partial charge in [-0.25, -0.2) is 8.78 Å². The third-order valence-electron chi connectivity index (χ3n) is 2.97. The molecule has 2 amide bonds. The summed E-state index contributed by atoms with van der Waals surface area (Å²) >= 11 is 0. The Kier molecular flexibility index (Phi) is 4.54. The smallest absolute Gasteiger partial charge is 0.366 e. The van der Waals surface area contributed by atoms with Crippen LogP contribution in [0.2, 0.25) is 0 Å². The van der Waals surface area contributed by atoms with E-state index in [0.717, 1.165) is 24.3 Å². The number of primary amides is 1. The summed E-state index contributed by atoms with van der Waals surface area (Å²) in [6.07, 6.45) is -4.97. The third kappa shape index (κ3) is 3.86. The van der Waals surface area contributed by atoms with Crippen molar-refractivity contribution in [2.45, 2.75) is 6.18 Å². The van der Waals surface area contributed by atoms with Crippen molar-refractivity contribution in [1.82, 2.24) is 0 Å². The number of carbonyl (C=O) groups is 2. The molecule has 0 heterocycles. The molecule has 0 aromatic heterocycles. The summed E-state index contributed by atoms with van der Waals surface area (Å²) in [5.41, 5.74) is 2.47. The number of halogens is 5. The lowest BCUT2D eigenvalue weighted by Gasteiger charge is -2.11. The van der Waals surface area contributed by atoms with Gasteiger partial charge in [0, 0.05) is 16.8 Å². The van der Waals surface area contributed by atoms with E-state index in [4.69, 9.17) is 5.73 Å². The highest BCUT2D eigenvalue weighted by Crippen LogP contribution is 2.32. The van der Waals surface area contributed by atoms with Gasteiger partial charge in [-0.2, -0.15) is 13.2 Å². The van der Waals surface area contributed by atoms with Crippen LogP contribution < -0.4 is 11.1 Å². The largest absolute Gasteiger partial charge is 0.419 e. The quantitative estimate of drug-likeness (QED) is 0.839. The number of benzene rings is 2. The number of rotatable bonds is 3. The van der Waals surface area contributed by atoms with E-state index in [9.17, 15) is 31.5 Å². The number of amides is 2. The van der Waals surface area contributed by atoms with Gasteiger partial charge in [-0.15, -0.1) is 0 Å². The minimum absolute atomic E-state index is 0.188. The molecule has 0 saturated carbocycles. The molecule has 4 nitrogen and oxygen atoms in total. The zero-order chi connectivity index (χ0) is 18.1. The molecule has 0 aliphatic carbocycles. The van der Waals surface area contributed by atoms with Crippen LogP contribution in [0.1, 0.15) is 26.3 Å². The molecule has 0 bridgehead atoms. The second-order valence-corrected chi connectivity index (χ2v) is 4.74. The van der Waals surface area contributed by atoms with Crippen LogP contribution in [0.5, 0.6) is 0 Å². The van der Waals surface area contributed by atoms with Crippen LogP contribution in [0.4, 0.5) is 27.6 Å². The summed E-state index contributed by atoms with van der Waals surface area (Å²) in [4.78, 5) is 23.0. The SMILES string of the molecule is NC(=O)c1cc(F)cc(NC(=O)c2ccc(F)c(C(F)(F)F)c2)c1. The molecule has 0 radical (unpaired) electrons. The fraction of sp³-hybridized carbons (Fsp3) is 0.0667. The number of nitrogens with one attached hydrogen (secondary N) is 1. The van der Waals surface area contributed by atoms with E-state index in [1.54, 1.807) is 0 Å². The Balaban J connectivity index is 2.33. The number of anilines is 1. The van der Waals surface area contributed by atoms with E-state index in [-0.39, 0.29) is 11.3 Å². The Morgan fingerprint density at radius 1 is 0.958 bits per heavy atom. The topological polar surface area (TPSA) is 72.2 Å². The Bertz CT molecular complexity index is 818. The Labute approximate surface area is 132 Å². The molecule has 0 aliphatic rings. The predicted octanol–water partition coefficient (Wildman–Crippen LogP) is 3.33. The Morgan fingerprint density at radius 2 is 1.62 bits per heavy atom. The van der Waals surface area contributed by atoms with Gasteiger partial charge >= 0.3 is 6.18 Å². The molecule has 24 heavy (non-hydrogen) atoms. The van der Waals surface area contributed by atoms with Crippen molar-refractivity contribution in [3.05, 3.63) is 64.7 Å². The van der Waals surface area contributed by atoms with Crippen LogP contribution in [0.15, 0.2) is 36.4 Å². The second-order valence-electron chi connectivity index (χ2n) is 4.74. The van der Waals surface area contributed by atoms with Crippen molar-refractivity contribution in [2.24, 2.45) is 5.73 Å². The van der Waals surface area contributed by atoms with Crippen molar-refractivity contribution in [3.63, 3.8) is 0 Å². The maximum absolute atomic E-state index is 13.4. The van der Waals surface area contributed by atoms with E-state index >= 15 is 0 Å². The van der Waals surface area contributed by atoms with E-state index in [2.05, 4.69) is 5.32 Å². The van der Waals surface area contributed by atoms with Gasteiger partial charge in [0.15, 0.2) is 0 Å². The van der Waals surface area contributed by atoms with Gasteiger partial charge in [0.2, 0.25) is 5.91 Å². The summed E-state index contributed by atoms with van der Waals surface area (Å²) in [5.74, 6) is -4.40. The van der Waals surface area contributed by atoms with Gasteiger partial charge < -0.3 is 11.1 Å². The molecule has 2 rings (SSSR count). The molecule has 0 aliphatic heterocycles. The van der Waals surface area contributed by atoms with Gasteiger partial charge in [0.05, 0.1) is 5.56 Å². The molecule has 2 aromatic rings. The van der Waals surface area contributed by atoms with E-state index in [1.807, 2.05) is 0 Å². The molecular formula is C15H9F5N2O2. The van der Waals surface area contributed by atoms with Gasteiger partial charge in [-0.05, 0) is 36.4 Å². The first kappa shape index (κ1) is 17.4. The molecule has 0 unspecified atom stereocenters. The number of hydrogen-bond acceptors (Lipinski definition) is 2. The summed E-state index contributed by atoms with van der Waals surface area (Å²) in [6, 6.07) is 4.40. The van der Waals surface area contributed by atoms with Crippen molar-refractivity contribution in [2.75, 3.05) is 5.32 Å². The summed E-state index contributed by atoms with van der Waals surface area (Å²) < 4.78 is 64.5. The highest BCUT2D eigenvalue weighted by atomic mass is 19.4. The number of hydrogen-bond donors (Lipinski definition) is 2. The standard InChI is InChI=1S/C15H9F5N2O2/c16-9-3-8(13(21)23)4-10(6-9)22-14(24)7-1-2-12(17)11(5-7)15(18,19)20/h1-6H,(H2,21,23)(H,22,24). The molecule has 0 spiro atoms. The molecular weight excluding hydrogens is 335 g/mol. The molecule has 0 fully saturated rings. The van der Waals surface area contributed by atoms with Crippen molar-refractivity contribution >= 4 is 17.5 Å². The molecule has 3 N–H and O–H groups in total. The molecule has 2 aromatic carbocycles. The Hall–Kier alpha value is -2.97. The lowest BCUT2D eigenvalue weighted by atomic mass is 10.1. The Morgan fingerprint density at radius 3 is 2.21 bits per heavy atom. The van der Waals surface area contributed by atoms with E-state index < -0.39 is 40.8 Å². The van der Waals surface area contributed by atoms with Gasteiger partial charge in [-0.3, -0.25) is 9.59 Å². The van der Waals surface area contributed by atoms with Crippen LogP contribution in [-0.2, 0) is 6.18 Å². The van der Waals surface area contributed by atoms with E-state index in [0.29, 0.717) is 12.1 Å². The monoisotopic (exact) mass is 344 g/mol. The predicted molar refractivity (Wildman–Crippen MR) is 74.3 cm³/mol. The van der Waals surface area contributed by atoms with Crippen molar-refractivity contribution in [1.29, 1.82) is 0 Å². The minimum atomic E-state index is -4.97. The highest BCUT2D eigenvalue weighted by molar-refractivity contribution is 6.05. The average molecular weight is 344 g/mol. The lowest BCUT2D eigenvalue weighted by molar-refractivity contribution is -0.140. The number of carbonyl (C=O) groups excluding carboxylic acids is 2.